The van der Waals surface area contributed by atoms with Gasteiger partial charge in [0.25, 0.3) is 5.91 Å². The Hall–Kier alpha value is -3.19. The normalized spacial score (nSPS) is 17.3. The maximum absolute atomic E-state index is 11.8. The van der Waals surface area contributed by atoms with Crippen molar-refractivity contribution in [3.05, 3.63) is 58.2 Å². The predicted molar refractivity (Wildman–Crippen MR) is 129 cm³/mol. The van der Waals surface area contributed by atoms with E-state index in [1.54, 1.807) is 11.3 Å². The molecule has 6 nitrogen and oxygen atoms in total. The third kappa shape index (κ3) is 4.53. The summed E-state index contributed by atoms with van der Waals surface area (Å²) in [7, 11) is 0. The molecule has 164 valence electrons. The van der Waals surface area contributed by atoms with Gasteiger partial charge in [-0.25, -0.2) is 9.67 Å². The molecule has 0 atom stereocenters. The lowest BCUT2D eigenvalue weighted by Gasteiger charge is -2.19. The van der Waals surface area contributed by atoms with Crippen LogP contribution in [0.5, 0.6) is 5.75 Å². The number of rotatable bonds is 4. The number of anilines is 1. The molecule has 1 N–H and O–H groups in total. The van der Waals surface area contributed by atoms with Gasteiger partial charge in [0.1, 0.15) is 5.75 Å². The summed E-state index contributed by atoms with van der Waals surface area (Å²) >= 11 is 1.56. The summed E-state index contributed by atoms with van der Waals surface area (Å²) in [6, 6.07) is 14.0. The van der Waals surface area contributed by atoms with Crippen LogP contribution in [-0.4, -0.2) is 23.4 Å². The Kier molecular flexibility index (Phi) is 5.90. The largest absolute Gasteiger partial charge is 0.482 e. The van der Waals surface area contributed by atoms with Gasteiger partial charge in [-0.15, -0.1) is 11.3 Å². The number of ether oxygens (including phenoxy) is 1. The number of thiazole rings is 1. The van der Waals surface area contributed by atoms with Gasteiger partial charge in [0.2, 0.25) is 4.80 Å². The summed E-state index contributed by atoms with van der Waals surface area (Å²) in [5.41, 5.74) is 4.69. The van der Waals surface area contributed by atoms with Crippen molar-refractivity contribution in [3.8, 4) is 17.0 Å². The van der Waals surface area contributed by atoms with Gasteiger partial charge < -0.3 is 10.1 Å². The molecule has 0 saturated heterocycles. The first-order valence-corrected chi connectivity index (χ1v) is 12.0. The molecule has 32 heavy (non-hydrogen) atoms. The highest BCUT2D eigenvalue weighted by Crippen LogP contribution is 2.33. The first-order valence-electron chi connectivity index (χ1n) is 11.1. The van der Waals surface area contributed by atoms with Crippen molar-refractivity contribution in [1.29, 1.82) is 0 Å². The van der Waals surface area contributed by atoms with Crippen LogP contribution in [0.2, 0.25) is 0 Å². The number of aryl methyl sites for hydroxylation is 1. The Morgan fingerprint density at radius 1 is 1.12 bits per heavy atom. The van der Waals surface area contributed by atoms with Crippen LogP contribution in [0.1, 0.15) is 37.7 Å². The predicted octanol–water partition coefficient (Wildman–Crippen LogP) is 5.50. The number of carbonyl (C=O) groups is 1. The van der Waals surface area contributed by atoms with Crippen molar-refractivity contribution in [3.63, 3.8) is 0 Å². The molecule has 7 heteroatoms. The van der Waals surface area contributed by atoms with Crippen LogP contribution in [0.25, 0.3) is 11.3 Å². The molecule has 5 rings (SSSR count). The van der Waals surface area contributed by atoms with Gasteiger partial charge in [-0.2, -0.15) is 5.10 Å². The van der Waals surface area contributed by atoms with Crippen molar-refractivity contribution in [1.82, 2.24) is 4.68 Å². The smallest absolute Gasteiger partial charge is 0.262 e. The van der Waals surface area contributed by atoms with Crippen molar-refractivity contribution < 1.29 is 9.53 Å². The maximum atomic E-state index is 11.8. The highest BCUT2D eigenvalue weighted by molar-refractivity contribution is 7.07. The number of amides is 1. The van der Waals surface area contributed by atoms with E-state index in [9.17, 15) is 4.79 Å². The van der Waals surface area contributed by atoms with E-state index < -0.39 is 0 Å². The Morgan fingerprint density at radius 3 is 2.75 bits per heavy atom. The molecule has 1 amide bonds. The lowest BCUT2D eigenvalue weighted by Crippen LogP contribution is -2.25. The van der Waals surface area contributed by atoms with Crippen LogP contribution in [0.15, 0.2) is 57.9 Å². The number of benzene rings is 2. The van der Waals surface area contributed by atoms with Crippen LogP contribution >= 0.6 is 11.3 Å². The first-order chi connectivity index (χ1) is 15.7. The number of hydrogen-bond acceptors (Lipinski definition) is 5. The van der Waals surface area contributed by atoms with Crippen LogP contribution in [0.4, 0.5) is 11.4 Å². The van der Waals surface area contributed by atoms with Crippen LogP contribution in [-0.2, 0) is 4.79 Å². The molecule has 1 aliphatic carbocycles. The van der Waals surface area contributed by atoms with Crippen molar-refractivity contribution >= 4 is 34.8 Å². The molecule has 1 aliphatic heterocycles. The number of aromatic nitrogens is 1. The van der Waals surface area contributed by atoms with Gasteiger partial charge in [-0.05, 0) is 56.0 Å². The van der Waals surface area contributed by atoms with E-state index in [2.05, 4.69) is 36.0 Å². The number of hydrogen-bond donors (Lipinski definition) is 1. The number of nitrogens with one attached hydrogen (secondary N) is 1. The molecule has 1 fully saturated rings. The second-order valence-electron chi connectivity index (χ2n) is 8.37. The third-order valence-corrected chi connectivity index (χ3v) is 6.71. The Morgan fingerprint density at radius 2 is 1.94 bits per heavy atom. The fourth-order valence-corrected chi connectivity index (χ4v) is 4.96. The van der Waals surface area contributed by atoms with Crippen LogP contribution in [0, 0.1) is 12.8 Å². The molecule has 1 saturated carbocycles. The molecule has 0 bridgehead atoms. The molecule has 1 aromatic heterocycles. The van der Waals surface area contributed by atoms with Crippen molar-refractivity contribution in [2.45, 2.75) is 39.0 Å². The number of fused-ring (bicyclic) bond motifs is 1. The monoisotopic (exact) mass is 446 g/mol. The van der Waals surface area contributed by atoms with Gasteiger partial charge in [-0.3, -0.25) is 4.79 Å². The highest BCUT2D eigenvalue weighted by Gasteiger charge is 2.18. The fraction of sp³-hybridized carbons (Fsp3) is 0.320. The standard InChI is InChI=1S/C25H26N4O2S/c1-17-7-10-20(11-8-17)27-25-29(26-14-18-5-3-2-4-6-18)22(16-32-25)19-9-12-23-21(13-19)28-24(30)15-31-23/h7-14,16,18H,2-6,15H2,1H3,(H,28,30). The molecule has 2 aliphatic rings. The molecular formula is C25H26N4O2S. The summed E-state index contributed by atoms with van der Waals surface area (Å²) in [5, 5.41) is 9.86. The zero-order valence-electron chi connectivity index (χ0n) is 18.1. The highest BCUT2D eigenvalue weighted by atomic mass is 32.1. The average Bonchev–Trinajstić information content (AvgIpc) is 3.21. The van der Waals surface area contributed by atoms with E-state index in [1.165, 1.54) is 37.7 Å². The minimum atomic E-state index is -0.141. The lowest BCUT2D eigenvalue weighted by atomic mass is 9.90. The molecule has 0 radical (unpaired) electrons. The van der Waals surface area contributed by atoms with Gasteiger partial charge in [0.15, 0.2) is 6.61 Å². The molecular weight excluding hydrogens is 420 g/mol. The third-order valence-electron chi connectivity index (χ3n) is 5.90. The molecule has 3 aromatic rings. The van der Waals surface area contributed by atoms with E-state index in [0.717, 1.165) is 21.7 Å². The zero-order valence-corrected chi connectivity index (χ0v) is 18.9. The van der Waals surface area contributed by atoms with E-state index in [1.807, 2.05) is 35.0 Å². The molecule has 2 heterocycles. The zero-order chi connectivity index (χ0) is 21.9. The van der Waals surface area contributed by atoms with Crippen molar-refractivity contribution in [2.24, 2.45) is 16.0 Å². The van der Waals surface area contributed by atoms with Crippen LogP contribution in [0.3, 0.4) is 0 Å². The Balaban J connectivity index is 1.57. The lowest BCUT2D eigenvalue weighted by molar-refractivity contribution is -0.118. The van der Waals surface area contributed by atoms with Gasteiger partial charge in [0.05, 0.1) is 17.1 Å². The molecule has 2 aromatic carbocycles. The van der Waals surface area contributed by atoms with Crippen LogP contribution < -0.4 is 14.9 Å². The number of nitrogens with zero attached hydrogens (tertiary/aromatic N) is 3. The first kappa shape index (κ1) is 20.7. The summed E-state index contributed by atoms with van der Waals surface area (Å²) < 4.78 is 7.44. The topological polar surface area (TPSA) is 68.0 Å². The molecule has 0 unspecified atom stereocenters. The SMILES string of the molecule is Cc1ccc(N=c2scc(-c3ccc4c(c3)NC(=O)CO4)n2N=CC2CCCCC2)cc1. The second-order valence-corrected chi connectivity index (χ2v) is 9.21. The quantitative estimate of drug-likeness (QED) is 0.538. The Bertz CT molecular complexity index is 1220. The van der Waals surface area contributed by atoms with Gasteiger partial charge in [-0.1, -0.05) is 37.0 Å². The summed E-state index contributed by atoms with van der Waals surface area (Å²) in [5.74, 6) is 1.05. The second kappa shape index (κ2) is 9.12. The van der Waals surface area contributed by atoms with Crippen molar-refractivity contribution in [2.75, 3.05) is 11.9 Å². The average molecular weight is 447 g/mol. The Labute approximate surface area is 191 Å². The summed E-state index contributed by atoms with van der Waals surface area (Å²) in [6.45, 7) is 2.12. The summed E-state index contributed by atoms with van der Waals surface area (Å²) in [4.78, 5) is 17.5. The minimum Gasteiger partial charge on any atom is -0.482 e. The van der Waals surface area contributed by atoms with E-state index in [4.69, 9.17) is 14.8 Å². The maximum Gasteiger partial charge on any atom is 0.262 e. The van der Waals surface area contributed by atoms with E-state index in [-0.39, 0.29) is 12.5 Å². The van der Waals surface area contributed by atoms with Gasteiger partial charge in [0, 0.05) is 17.2 Å². The number of carbonyl (C=O) groups excluding carboxylic acids is 1. The molecule has 0 spiro atoms. The minimum absolute atomic E-state index is 0.0516. The van der Waals surface area contributed by atoms with E-state index in [0.29, 0.717) is 17.4 Å². The van der Waals surface area contributed by atoms with E-state index >= 15 is 0 Å². The van der Waals surface area contributed by atoms with Gasteiger partial charge >= 0.3 is 0 Å². The summed E-state index contributed by atoms with van der Waals surface area (Å²) in [6.07, 6.45) is 8.32. The fourth-order valence-electron chi connectivity index (χ4n) is 4.10.